The van der Waals surface area contributed by atoms with Crippen molar-refractivity contribution in [2.24, 2.45) is 0 Å². The molecule has 2 aromatic heterocycles. The highest BCUT2D eigenvalue weighted by Crippen LogP contribution is 2.23. The molecule has 0 aliphatic rings. The Morgan fingerprint density at radius 1 is 1.30 bits per heavy atom. The third-order valence-corrected chi connectivity index (χ3v) is 3.37. The van der Waals surface area contributed by atoms with E-state index in [-0.39, 0.29) is 5.56 Å². The summed E-state index contributed by atoms with van der Waals surface area (Å²) in [5.74, 6) is 0.897. The fourth-order valence-corrected chi connectivity index (χ4v) is 2.48. The Labute approximate surface area is 128 Å². The van der Waals surface area contributed by atoms with Crippen molar-refractivity contribution in [1.82, 2.24) is 9.97 Å². The van der Waals surface area contributed by atoms with Crippen molar-refractivity contribution in [3.05, 3.63) is 57.2 Å². The highest BCUT2D eigenvalue weighted by atomic mass is 79.9. The van der Waals surface area contributed by atoms with Crippen LogP contribution in [-0.2, 0) is 0 Å². The molecule has 0 aliphatic carbocycles. The van der Waals surface area contributed by atoms with Crippen molar-refractivity contribution in [3.8, 4) is 5.75 Å². The van der Waals surface area contributed by atoms with E-state index in [1.165, 1.54) is 6.07 Å². The van der Waals surface area contributed by atoms with Crippen LogP contribution in [0.5, 0.6) is 5.75 Å². The van der Waals surface area contributed by atoms with E-state index >= 15 is 0 Å². The molecule has 0 amide bonds. The maximum atomic E-state index is 10.2. The summed E-state index contributed by atoms with van der Waals surface area (Å²) in [7, 11) is -1.51. The molecule has 0 saturated heterocycles. The minimum absolute atomic E-state index is 0.0532. The summed E-state index contributed by atoms with van der Waals surface area (Å²) in [6.07, 6.45) is 3.38. The first-order valence-electron chi connectivity index (χ1n) is 6.23. The lowest BCUT2D eigenvalue weighted by Crippen LogP contribution is -2.29. The van der Waals surface area contributed by atoms with Gasteiger partial charge in [-0.3, -0.25) is 9.78 Å². The van der Waals surface area contributed by atoms with Crippen LogP contribution in [0.1, 0.15) is 5.69 Å². The zero-order valence-electron chi connectivity index (χ0n) is 12.1. The lowest BCUT2D eigenvalue weighted by molar-refractivity contribution is 0.548. The van der Waals surface area contributed by atoms with Crippen LogP contribution in [0.15, 0.2) is 45.9 Å². The average Bonchev–Trinajstić information content (AvgIpc) is 2.34. The Balaban J connectivity index is 0.000000240. The number of hydrogen-bond acceptors (Lipinski definition) is 3. The molecule has 0 aromatic carbocycles. The van der Waals surface area contributed by atoms with Gasteiger partial charge in [0, 0.05) is 22.9 Å². The summed E-state index contributed by atoms with van der Waals surface area (Å²) in [6.45, 7) is 8.44. The van der Waals surface area contributed by atoms with Crippen LogP contribution in [0.2, 0.25) is 19.6 Å². The third-order valence-electron chi connectivity index (χ3n) is 2.10. The highest BCUT2D eigenvalue weighted by Gasteiger charge is 2.17. The number of aromatic amines is 1. The summed E-state index contributed by atoms with van der Waals surface area (Å²) in [5, 5.41) is 0. The molecule has 0 spiro atoms. The first-order valence-corrected chi connectivity index (χ1v) is 10.4. The van der Waals surface area contributed by atoms with Gasteiger partial charge in [0.2, 0.25) is 13.9 Å². The molecule has 1 N–H and O–H groups in total. The zero-order valence-corrected chi connectivity index (χ0v) is 14.7. The van der Waals surface area contributed by atoms with Gasteiger partial charge in [-0.1, -0.05) is 6.07 Å². The smallest absolute Gasteiger partial charge is 0.247 e. The van der Waals surface area contributed by atoms with E-state index in [0.29, 0.717) is 0 Å². The number of aromatic nitrogens is 2. The van der Waals surface area contributed by atoms with E-state index in [0.717, 1.165) is 15.9 Å². The van der Waals surface area contributed by atoms with E-state index in [1.807, 2.05) is 13.0 Å². The Morgan fingerprint density at radius 3 is 2.45 bits per heavy atom. The molecular weight excluding hydrogens is 336 g/mol. The van der Waals surface area contributed by atoms with Crippen molar-refractivity contribution >= 4 is 24.2 Å². The van der Waals surface area contributed by atoms with Crippen molar-refractivity contribution in [3.63, 3.8) is 0 Å². The molecule has 4 nitrogen and oxygen atoms in total. The van der Waals surface area contributed by atoms with Gasteiger partial charge >= 0.3 is 0 Å². The lowest BCUT2D eigenvalue weighted by Gasteiger charge is -2.20. The normalized spacial score (nSPS) is 10.4. The van der Waals surface area contributed by atoms with Gasteiger partial charge in [0.1, 0.15) is 5.75 Å². The SMILES string of the molecule is Cc1ncc(Br)cc1O[Si](C)(C)C.O=c1cccc[nH]1. The number of nitrogens with zero attached hydrogens (tertiary/aromatic N) is 1. The van der Waals surface area contributed by atoms with Gasteiger partial charge in [-0.15, -0.1) is 0 Å². The van der Waals surface area contributed by atoms with E-state index in [2.05, 4.69) is 45.5 Å². The molecule has 2 rings (SSSR count). The van der Waals surface area contributed by atoms with Gasteiger partial charge in [-0.05, 0) is 54.6 Å². The predicted octanol–water partition coefficient (Wildman–Crippen LogP) is 3.74. The van der Waals surface area contributed by atoms with Gasteiger partial charge in [-0.25, -0.2) is 0 Å². The largest absolute Gasteiger partial charge is 0.543 e. The van der Waals surface area contributed by atoms with Crippen LogP contribution in [0, 0.1) is 6.92 Å². The van der Waals surface area contributed by atoms with Crippen molar-refractivity contribution in [1.29, 1.82) is 0 Å². The van der Waals surface area contributed by atoms with Gasteiger partial charge in [-0.2, -0.15) is 0 Å². The Bertz CT molecular complexity index is 591. The number of halogens is 1. The lowest BCUT2D eigenvalue weighted by atomic mass is 10.3. The summed E-state index contributed by atoms with van der Waals surface area (Å²) in [5.41, 5.74) is 0.896. The molecule has 0 aliphatic heterocycles. The fraction of sp³-hybridized carbons (Fsp3) is 0.286. The quantitative estimate of drug-likeness (QED) is 0.835. The number of hydrogen-bond donors (Lipinski definition) is 1. The summed E-state index contributed by atoms with van der Waals surface area (Å²) in [4.78, 5) is 16.9. The van der Waals surface area contributed by atoms with Crippen LogP contribution in [0.3, 0.4) is 0 Å². The molecule has 0 atom stereocenters. The van der Waals surface area contributed by atoms with Crippen LogP contribution in [0.25, 0.3) is 0 Å². The first-order chi connectivity index (χ1) is 9.28. The molecule has 0 radical (unpaired) electrons. The van der Waals surface area contributed by atoms with E-state index < -0.39 is 8.32 Å². The van der Waals surface area contributed by atoms with Crippen LogP contribution in [-0.4, -0.2) is 18.3 Å². The second-order valence-electron chi connectivity index (χ2n) is 5.18. The van der Waals surface area contributed by atoms with Gasteiger partial charge in [0.15, 0.2) is 0 Å². The standard InChI is InChI=1S/C9H14BrNOSi.C5H5NO/c1-7-9(12-13(2,3)4)5-8(10)6-11-7;7-5-3-1-2-4-6-5/h5-6H,1-4H3;1-4H,(H,6,7). The Kier molecular flexibility index (Phi) is 6.16. The van der Waals surface area contributed by atoms with Gasteiger partial charge < -0.3 is 9.41 Å². The fourth-order valence-electron chi connectivity index (χ4n) is 1.30. The third kappa shape index (κ3) is 6.67. The molecule has 0 unspecified atom stereocenters. The minimum Gasteiger partial charge on any atom is -0.543 e. The Hall–Kier alpha value is -1.40. The highest BCUT2D eigenvalue weighted by molar-refractivity contribution is 9.10. The average molecular weight is 355 g/mol. The molecule has 6 heteroatoms. The first kappa shape index (κ1) is 16.7. The van der Waals surface area contributed by atoms with E-state index in [4.69, 9.17) is 4.43 Å². The van der Waals surface area contributed by atoms with Crippen LogP contribution < -0.4 is 9.99 Å². The van der Waals surface area contributed by atoms with Crippen molar-refractivity contribution in [2.75, 3.05) is 0 Å². The number of nitrogens with one attached hydrogen (secondary N) is 1. The molecule has 20 heavy (non-hydrogen) atoms. The summed E-state index contributed by atoms with van der Waals surface area (Å²) < 4.78 is 6.82. The number of aryl methyl sites for hydroxylation is 1. The molecule has 0 saturated carbocycles. The number of pyridine rings is 2. The van der Waals surface area contributed by atoms with E-state index in [1.54, 1.807) is 24.5 Å². The Morgan fingerprint density at radius 2 is 2.00 bits per heavy atom. The molecule has 2 heterocycles. The number of H-pyrrole nitrogens is 1. The zero-order chi connectivity index (χ0) is 15.2. The maximum absolute atomic E-state index is 10.2. The molecule has 108 valence electrons. The van der Waals surface area contributed by atoms with Crippen LogP contribution in [0.4, 0.5) is 0 Å². The molecular formula is C14H19BrN2O2Si. The molecule has 0 fully saturated rings. The topological polar surface area (TPSA) is 55.0 Å². The van der Waals surface area contributed by atoms with Crippen LogP contribution >= 0.6 is 15.9 Å². The van der Waals surface area contributed by atoms with Crippen molar-refractivity contribution in [2.45, 2.75) is 26.6 Å². The van der Waals surface area contributed by atoms with Crippen molar-refractivity contribution < 1.29 is 4.43 Å². The van der Waals surface area contributed by atoms with E-state index in [9.17, 15) is 4.79 Å². The monoisotopic (exact) mass is 354 g/mol. The minimum atomic E-state index is -1.51. The summed E-state index contributed by atoms with van der Waals surface area (Å²) in [6, 6.07) is 6.90. The second kappa shape index (κ2) is 7.40. The van der Waals surface area contributed by atoms with Gasteiger partial charge in [0.25, 0.3) is 0 Å². The molecule has 2 aromatic rings. The second-order valence-corrected chi connectivity index (χ2v) is 10.5. The molecule has 0 bridgehead atoms. The van der Waals surface area contributed by atoms with Gasteiger partial charge in [0.05, 0.1) is 5.69 Å². The number of rotatable bonds is 2. The summed E-state index contributed by atoms with van der Waals surface area (Å²) >= 11 is 3.38. The maximum Gasteiger partial charge on any atom is 0.247 e. The predicted molar refractivity (Wildman–Crippen MR) is 87.7 cm³/mol.